The van der Waals surface area contributed by atoms with Crippen molar-refractivity contribution in [1.29, 1.82) is 0 Å². The summed E-state index contributed by atoms with van der Waals surface area (Å²) in [6, 6.07) is 5.25. The second-order valence-corrected chi connectivity index (χ2v) is 11.2. The largest absolute Gasteiger partial charge is 0.416 e. The molecule has 13 heteroatoms. The van der Waals surface area contributed by atoms with Crippen LogP contribution in [0.3, 0.4) is 0 Å². The Labute approximate surface area is 239 Å². The Morgan fingerprint density at radius 3 is 2.05 bits per heavy atom. The van der Waals surface area contributed by atoms with Crippen molar-refractivity contribution in [3.8, 4) is 0 Å². The fourth-order valence-electron chi connectivity index (χ4n) is 6.17. The van der Waals surface area contributed by atoms with E-state index in [1.807, 2.05) is 0 Å². The van der Waals surface area contributed by atoms with Crippen LogP contribution < -0.4 is 5.73 Å². The first-order valence-electron chi connectivity index (χ1n) is 13.6. The van der Waals surface area contributed by atoms with Gasteiger partial charge in [-0.3, -0.25) is 9.69 Å². The van der Waals surface area contributed by atoms with Crippen molar-refractivity contribution < 1.29 is 40.3 Å². The predicted molar refractivity (Wildman–Crippen MR) is 141 cm³/mol. The highest BCUT2D eigenvalue weighted by atomic mass is 19.4. The van der Waals surface area contributed by atoms with Crippen LogP contribution in [0.2, 0.25) is 0 Å². The first-order chi connectivity index (χ1) is 19.5. The molecule has 2 aliphatic heterocycles. The van der Waals surface area contributed by atoms with Gasteiger partial charge in [-0.25, -0.2) is 9.18 Å². The van der Waals surface area contributed by atoms with Gasteiger partial charge in [0.15, 0.2) is 0 Å². The van der Waals surface area contributed by atoms with Gasteiger partial charge in [0.25, 0.3) is 0 Å². The number of aryl methyl sites for hydroxylation is 1. The molecule has 2 aromatic rings. The number of nitrogens with two attached hydrogens (primary N) is 1. The fraction of sp³-hybridized carbons (Fsp3) is 0.517. The monoisotopic (exact) mass is 602 g/mol. The summed E-state index contributed by atoms with van der Waals surface area (Å²) in [5.41, 5.74) is 3.62. The Hall–Kier alpha value is -3.35. The van der Waals surface area contributed by atoms with Gasteiger partial charge in [0.2, 0.25) is 5.91 Å². The van der Waals surface area contributed by atoms with Gasteiger partial charge >= 0.3 is 18.4 Å². The van der Waals surface area contributed by atoms with Gasteiger partial charge in [-0.2, -0.15) is 26.3 Å². The number of piperidine rings is 2. The number of likely N-dealkylation sites (tertiary alicyclic amines) is 2. The molecule has 6 nitrogen and oxygen atoms in total. The number of halogens is 7. The smallest absolute Gasteiger partial charge is 0.351 e. The van der Waals surface area contributed by atoms with E-state index in [4.69, 9.17) is 5.73 Å². The number of nitrogens with zero attached hydrogens (tertiary/aromatic N) is 3. The Balaban J connectivity index is 1.58. The highest BCUT2D eigenvalue weighted by Crippen LogP contribution is 2.39. The second-order valence-electron chi connectivity index (χ2n) is 11.2. The minimum absolute atomic E-state index is 0.0578. The molecule has 0 aromatic heterocycles. The third-order valence-corrected chi connectivity index (χ3v) is 8.33. The van der Waals surface area contributed by atoms with E-state index in [2.05, 4.69) is 4.90 Å². The molecule has 2 aliphatic rings. The lowest BCUT2D eigenvalue weighted by Gasteiger charge is -2.45. The number of primary amides is 1. The van der Waals surface area contributed by atoms with E-state index in [9.17, 15) is 40.3 Å². The van der Waals surface area contributed by atoms with E-state index in [1.165, 1.54) is 19.2 Å². The molecule has 2 atom stereocenters. The van der Waals surface area contributed by atoms with Crippen LogP contribution >= 0.6 is 0 Å². The van der Waals surface area contributed by atoms with Crippen LogP contribution in [0.25, 0.3) is 0 Å². The summed E-state index contributed by atoms with van der Waals surface area (Å²) in [6.07, 6.45) is -8.23. The summed E-state index contributed by atoms with van der Waals surface area (Å²) >= 11 is 0. The molecule has 230 valence electrons. The Bertz CT molecular complexity index is 1270. The number of urea groups is 1. The lowest BCUT2D eigenvalue weighted by atomic mass is 9.77. The number of carbonyl (C=O) groups is 2. The average molecular weight is 603 g/mol. The molecule has 0 saturated carbocycles. The summed E-state index contributed by atoms with van der Waals surface area (Å²) in [5, 5.41) is 0. The molecule has 2 heterocycles. The zero-order chi connectivity index (χ0) is 31.0. The van der Waals surface area contributed by atoms with Gasteiger partial charge < -0.3 is 15.5 Å². The molecular formula is C29H33F7N4O2. The van der Waals surface area contributed by atoms with E-state index in [0.29, 0.717) is 63.1 Å². The number of hydrogen-bond acceptors (Lipinski definition) is 3. The molecular weight excluding hydrogens is 569 g/mol. The van der Waals surface area contributed by atoms with E-state index in [1.54, 1.807) is 17.9 Å². The van der Waals surface area contributed by atoms with Crippen molar-refractivity contribution in [1.82, 2.24) is 14.7 Å². The van der Waals surface area contributed by atoms with Crippen LogP contribution in [0.15, 0.2) is 36.4 Å². The Morgan fingerprint density at radius 2 is 1.52 bits per heavy atom. The van der Waals surface area contributed by atoms with Crippen LogP contribution in [0, 0.1) is 18.7 Å². The molecule has 4 rings (SSSR count). The van der Waals surface area contributed by atoms with Crippen molar-refractivity contribution in [2.45, 2.75) is 57.0 Å². The molecule has 0 radical (unpaired) electrons. The normalized spacial score (nSPS) is 20.9. The number of alkyl halides is 6. The van der Waals surface area contributed by atoms with Gasteiger partial charge in [-0.05, 0) is 79.8 Å². The van der Waals surface area contributed by atoms with Gasteiger partial charge in [-0.1, -0.05) is 6.07 Å². The molecule has 0 bridgehead atoms. The van der Waals surface area contributed by atoms with Gasteiger partial charge in [0.1, 0.15) is 5.82 Å². The number of carbonyl (C=O) groups excluding carboxylic acids is 2. The van der Waals surface area contributed by atoms with E-state index in [0.717, 1.165) is 10.5 Å². The minimum Gasteiger partial charge on any atom is -0.351 e. The van der Waals surface area contributed by atoms with Crippen LogP contribution in [-0.4, -0.2) is 65.9 Å². The van der Waals surface area contributed by atoms with Gasteiger partial charge in [0, 0.05) is 51.1 Å². The quantitative estimate of drug-likeness (QED) is 0.442. The number of benzene rings is 2. The van der Waals surface area contributed by atoms with Crippen molar-refractivity contribution in [3.63, 3.8) is 0 Å². The molecule has 0 unspecified atom stereocenters. The maximum atomic E-state index is 14.0. The SMILES string of the molecule is Cc1cc(F)ccc1[C@@H]1CN(C2CCN(C(N)=O)CC2)CC[C@H]1C(=O)N(C)Cc1cc(C(F)(F)F)cc(C(F)(F)F)c1. The summed E-state index contributed by atoms with van der Waals surface area (Å²) in [6.45, 7) is 3.25. The van der Waals surface area contributed by atoms with E-state index >= 15 is 0 Å². The third kappa shape index (κ3) is 7.16. The van der Waals surface area contributed by atoms with E-state index < -0.39 is 59.6 Å². The molecule has 2 aromatic carbocycles. The summed E-state index contributed by atoms with van der Waals surface area (Å²) < 4.78 is 94.2. The maximum absolute atomic E-state index is 14.0. The van der Waals surface area contributed by atoms with Crippen molar-refractivity contribution in [2.24, 2.45) is 11.7 Å². The first kappa shape index (κ1) is 31.6. The second kappa shape index (κ2) is 12.1. The average Bonchev–Trinajstić information content (AvgIpc) is 2.91. The summed E-state index contributed by atoms with van der Waals surface area (Å²) in [7, 11) is 1.36. The van der Waals surface area contributed by atoms with Gasteiger partial charge in [-0.15, -0.1) is 0 Å². The standard InChI is InChI=1S/C29H33F7N4O2/c1-17-11-21(30)3-4-23(17)25-16-40(22-5-8-39(9-6-22)27(37)42)10-7-24(25)26(41)38(2)15-18-12-19(28(31,32)33)14-20(13-18)29(34,35)36/h3-4,11-14,22,24-25H,5-10,15-16H2,1-2H3,(H2,37,42)/t24-,25+/m1/s1. The topological polar surface area (TPSA) is 69.9 Å². The number of rotatable bonds is 5. The Morgan fingerprint density at radius 1 is 0.929 bits per heavy atom. The summed E-state index contributed by atoms with van der Waals surface area (Å²) in [4.78, 5) is 30.3. The number of amides is 3. The van der Waals surface area contributed by atoms with Crippen molar-refractivity contribution in [3.05, 3.63) is 70.0 Å². The predicted octanol–water partition coefficient (Wildman–Crippen LogP) is 5.78. The molecule has 2 fully saturated rings. The minimum atomic E-state index is -5.00. The highest BCUT2D eigenvalue weighted by molar-refractivity contribution is 5.80. The molecule has 3 amide bonds. The molecule has 2 saturated heterocycles. The van der Waals surface area contributed by atoms with E-state index in [-0.39, 0.29) is 17.7 Å². The zero-order valence-corrected chi connectivity index (χ0v) is 23.2. The van der Waals surface area contributed by atoms with Crippen LogP contribution in [0.4, 0.5) is 35.5 Å². The first-order valence-corrected chi connectivity index (χ1v) is 13.6. The fourth-order valence-corrected chi connectivity index (χ4v) is 6.17. The molecule has 2 N–H and O–H groups in total. The zero-order valence-electron chi connectivity index (χ0n) is 23.2. The van der Waals surface area contributed by atoms with Crippen molar-refractivity contribution >= 4 is 11.9 Å². The van der Waals surface area contributed by atoms with Gasteiger partial charge in [0.05, 0.1) is 11.1 Å². The maximum Gasteiger partial charge on any atom is 0.416 e. The molecule has 0 spiro atoms. The highest BCUT2D eigenvalue weighted by Gasteiger charge is 2.41. The Kier molecular flexibility index (Phi) is 9.10. The van der Waals surface area contributed by atoms with Crippen LogP contribution in [0.5, 0.6) is 0 Å². The molecule has 0 aliphatic carbocycles. The number of hydrogen-bond donors (Lipinski definition) is 1. The lowest BCUT2D eigenvalue weighted by molar-refractivity contribution is -0.143. The van der Waals surface area contributed by atoms with Crippen molar-refractivity contribution in [2.75, 3.05) is 33.2 Å². The lowest BCUT2D eigenvalue weighted by Crippen LogP contribution is -2.53. The third-order valence-electron chi connectivity index (χ3n) is 8.33. The molecule has 42 heavy (non-hydrogen) atoms. The van der Waals surface area contributed by atoms with Crippen LogP contribution in [0.1, 0.15) is 53.0 Å². The van der Waals surface area contributed by atoms with Crippen LogP contribution in [-0.2, 0) is 23.7 Å². The summed E-state index contributed by atoms with van der Waals surface area (Å²) in [5.74, 6) is -1.88.